The Morgan fingerprint density at radius 1 is 0.951 bits per heavy atom. The highest BCUT2D eigenvalue weighted by Crippen LogP contribution is 2.39. The maximum atomic E-state index is 13.9. The van der Waals surface area contributed by atoms with Crippen molar-refractivity contribution in [1.82, 2.24) is 20.0 Å². The second-order valence-corrected chi connectivity index (χ2v) is 13.0. The summed E-state index contributed by atoms with van der Waals surface area (Å²) in [6, 6.07) is 9.91. The zero-order valence-corrected chi connectivity index (χ0v) is 26.7. The van der Waals surface area contributed by atoms with Gasteiger partial charge in [0, 0.05) is 44.8 Å². The van der Waals surface area contributed by atoms with Gasteiger partial charge in [0.1, 0.15) is 11.6 Å². The van der Waals surface area contributed by atoms with Crippen molar-refractivity contribution in [3.8, 4) is 0 Å². The number of amides is 2. The van der Waals surface area contributed by atoms with Gasteiger partial charge in [-0.15, -0.1) is 24.8 Å². The Kier molecular flexibility index (Phi) is 12.4. The van der Waals surface area contributed by atoms with E-state index in [1.54, 1.807) is 0 Å². The minimum absolute atomic E-state index is 0. The highest BCUT2D eigenvalue weighted by molar-refractivity contribution is 6.00. The zero-order valence-electron chi connectivity index (χ0n) is 25.1. The normalized spacial score (nSPS) is 26.1. The van der Waals surface area contributed by atoms with Crippen LogP contribution in [-0.4, -0.2) is 87.6 Å². The van der Waals surface area contributed by atoms with E-state index in [1.807, 2.05) is 4.90 Å². The zero-order chi connectivity index (χ0) is 27.5. The van der Waals surface area contributed by atoms with Gasteiger partial charge in [0.25, 0.3) is 0 Å². The van der Waals surface area contributed by atoms with E-state index >= 15 is 0 Å². The summed E-state index contributed by atoms with van der Waals surface area (Å²) < 4.78 is 0. The van der Waals surface area contributed by atoms with Crippen molar-refractivity contribution in [2.45, 2.75) is 114 Å². The molecule has 1 spiro atoms. The number of aliphatic hydroxyl groups excluding tert-OH is 1. The van der Waals surface area contributed by atoms with Gasteiger partial charge in [0.05, 0.1) is 6.10 Å². The number of hydrogen-bond donors (Lipinski definition) is 2. The summed E-state index contributed by atoms with van der Waals surface area (Å²) in [6.07, 6.45) is 9.91. The minimum Gasteiger partial charge on any atom is -0.390 e. The number of unbranched alkanes of at least 4 members (excludes halogenated alkanes) is 1. The molecule has 1 saturated carbocycles. The second kappa shape index (κ2) is 14.9. The number of nitrogens with one attached hydrogen (secondary N) is 1. The number of aliphatic hydroxyl groups is 1. The number of piperidine rings is 2. The second-order valence-electron chi connectivity index (χ2n) is 13.0. The lowest BCUT2D eigenvalue weighted by molar-refractivity contribution is -0.167. The molecular weight excluding hydrogens is 559 g/mol. The van der Waals surface area contributed by atoms with Gasteiger partial charge in [-0.1, -0.05) is 62.9 Å². The standard InChI is InChI=1S/C32H50N4O3.2ClH/c1-3-4-19-36-29(38)27(28(37)26-13-9-6-10-14-26)33-30(39)32(36)17-22-35(23-18-32)31(2)15-20-34(21-16-31)24-25-11-7-5-8-12-25;;/h5,7-8,11-12,26-28,37H,3-4,6,9-10,13-24H2,1-2H3,(H,33,39);2*1H/t27-,28-;;/m1../s1. The first-order chi connectivity index (χ1) is 18.9. The molecule has 3 heterocycles. The molecule has 232 valence electrons. The maximum absolute atomic E-state index is 13.9. The van der Waals surface area contributed by atoms with E-state index in [0.717, 1.165) is 84.1 Å². The first-order valence-electron chi connectivity index (χ1n) is 15.7. The van der Waals surface area contributed by atoms with Gasteiger partial charge in [-0.3, -0.25) is 19.4 Å². The van der Waals surface area contributed by atoms with Crippen molar-refractivity contribution in [3.05, 3.63) is 35.9 Å². The Labute approximate surface area is 259 Å². The molecule has 3 saturated heterocycles. The lowest BCUT2D eigenvalue weighted by atomic mass is 9.76. The van der Waals surface area contributed by atoms with Crippen LogP contribution in [0.15, 0.2) is 30.3 Å². The molecule has 0 unspecified atom stereocenters. The molecule has 0 radical (unpaired) electrons. The van der Waals surface area contributed by atoms with Gasteiger partial charge in [-0.2, -0.15) is 0 Å². The molecule has 1 aliphatic carbocycles. The molecule has 2 atom stereocenters. The summed E-state index contributed by atoms with van der Waals surface area (Å²) in [7, 11) is 0. The van der Waals surface area contributed by atoms with Crippen molar-refractivity contribution >= 4 is 36.6 Å². The number of carbonyl (C=O) groups is 2. The van der Waals surface area contributed by atoms with Crippen LogP contribution in [0, 0.1) is 5.92 Å². The number of benzene rings is 1. The molecule has 1 aromatic rings. The van der Waals surface area contributed by atoms with Crippen LogP contribution in [-0.2, 0) is 16.1 Å². The Hall–Kier alpha value is -1.38. The average Bonchev–Trinajstić information content (AvgIpc) is 2.97. The summed E-state index contributed by atoms with van der Waals surface area (Å²) in [5.41, 5.74) is 0.710. The number of halogens is 2. The van der Waals surface area contributed by atoms with Crippen LogP contribution in [0.25, 0.3) is 0 Å². The van der Waals surface area contributed by atoms with Crippen LogP contribution in [0.5, 0.6) is 0 Å². The van der Waals surface area contributed by atoms with Crippen LogP contribution in [0.3, 0.4) is 0 Å². The number of nitrogens with zero attached hydrogens (tertiary/aromatic N) is 3. The van der Waals surface area contributed by atoms with Gasteiger partial charge in [-0.05, 0) is 63.4 Å². The van der Waals surface area contributed by atoms with Gasteiger partial charge in [0.2, 0.25) is 11.8 Å². The highest BCUT2D eigenvalue weighted by atomic mass is 35.5. The summed E-state index contributed by atoms with van der Waals surface area (Å²) in [5, 5.41) is 14.3. The Morgan fingerprint density at radius 3 is 2.20 bits per heavy atom. The molecule has 2 amide bonds. The minimum atomic E-state index is -0.799. The van der Waals surface area contributed by atoms with E-state index in [1.165, 1.54) is 12.0 Å². The number of carbonyl (C=O) groups excluding carboxylic acids is 2. The summed E-state index contributed by atoms with van der Waals surface area (Å²) in [6.45, 7) is 9.93. The van der Waals surface area contributed by atoms with Gasteiger partial charge >= 0.3 is 0 Å². The number of rotatable bonds is 8. The van der Waals surface area contributed by atoms with Gasteiger partial charge < -0.3 is 15.3 Å². The fourth-order valence-corrected chi connectivity index (χ4v) is 7.72. The summed E-state index contributed by atoms with van der Waals surface area (Å²) in [4.78, 5) is 34.8. The van der Waals surface area contributed by atoms with E-state index in [-0.39, 0.29) is 48.1 Å². The number of piperazine rings is 1. The molecule has 0 aromatic heterocycles. The predicted molar refractivity (Wildman–Crippen MR) is 169 cm³/mol. The van der Waals surface area contributed by atoms with E-state index in [0.29, 0.717) is 19.4 Å². The quantitative estimate of drug-likeness (QED) is 0.443. The van der Waals surface area contributed by atoms with E-state index in [4.69, 9.17) is 0 Å². The van der Waals surface area contributed by atoms with Crippen LogP contribution in [0.4, 0.5) is 0 Å². The lowest BCUT2D eigenvalue weighted by Crippen LogP contribution is -2.75. The molecule has 0 bridgehead atoms. The fraction of sp³-hybridized carbons (Fsp3) is 0.750. The van der Waals surface area contributed by atoms with E-state index < -0.39 is 17.7 Å². The molecule has 3 aliphatic heterocycles. The van der Waals surface area contributed by atoms with Crippen LogP contribution >= 0.6 is 24.8 Å². The number of likely N-dealkylation sites (tertiary alicyclic amines) is 2. The summed E-state index contributed by atoms with van der Waals surface area (Å²) >= 11 is 0. The maximum Gasteiger partial charge on any atom is 0.248 e. The van der Waals surface area contributed by atoms with Crippen molar-refractivity contribution in [1.29, 1.82) is 0 Å². The molecular formula is C32H52Cl2N4O3. The van der Waals surface area contributed by atoms with Crippen LogP contribution in [0.1, 0.15) is 90.0 Å². The fourth-order valence-electron chi connectivity index (χ4n) is 7.72. The summed E-state index contributed by atoms with van der Waals surface area (Å²) in [5.74, 6) is 0.000168. The van der Waals surface area contributed by atoms with Gasteiger partial charge in [0.15, 0.2) is 0 Å². The molecule has 5 rings (SSSR count). The number of hydrogen-bond acceptors (Lipinski definition) is 5. The molecule has 7 nitrogen and oxygen atoms in total. The third kappa shape index (κ3) is 7.23. The van der Waals surface area contributed by atoms with Crippen LogP contribution in [0.2, 0.25) is 0 Å². The highest BCUT2D eigenvalue weighted by Gasteiger charge is 2.56. The molecule has 9 heteroatoms. The van der Waals surface area contributed by atoms with E-state index in [9.17, 15) is 14.7 Å². The van der Waals surface area contributed by atoms with Gasteiger partial charge in [-0.25, -0.2) is 0 Å². The third-order valence-electron chi connectivity index (χ3n) is 10.5. The first-order valence-corrected chi connectivity index (χ1v) is 15.7. The van der Waals surface area contributed by atoms with Crippen molar-refractivity contribution in [2.75, 3.05) is 32.7 Å². The Balaban J connectivity index is 0.00000231. The molecule has 4 fully saturated rings. The third-order valence-corrected chi connectivity index (χ3v) is 10.5. The molecule has 41 heavy (non-hydrogen) atoms. The smallest absolute Gasteiger partial charge is 0.248 e. The average molecular weight is 612 g/mol. The SMILES string of the molecule is CCCCN1C(=O)[C@@H]([C@H](O)C2CCCCC2)NC(=O)C12CCN(C1(C)CCN(Cc3ccccc3)CC1)CC2.Cl.Cl. The van der Waals surface area contributed by atoms with Crippen molar-refractivity contribution in [3.63, 3.8) is 0 Å². The van der Waals surface area contributed by atoms with Crippen molar-refractivity contribution in [2.24, 2.45) is 5.92 Å². The van der Waals surface area contributed by atoms with E-state index in [2.05, 4.69) is 59.3 Å². The molecule has 4 aliphatic rings. The van der Waals surface area contributed by atoms with Crippen molar-refractivity contribution < 1.29 is 14.7 Å². The van der Waals surface area contributed by atoms with Crippen LogP contribution < -0.4 is 5.32 Å². The monoisotopic (exact) mass is 610 g/mol. The molecule has 1 aromatic carbocycles. The predicted octanol–water partition coefficient (Wildman–Crippen LogP) is 4.79. The Morgan fingerprint density at radius 2 is 1.59 bits per heavy atom. The first kappa shape index (κ1) is 34.1. The molecule has 2 N–H and O–H groups in total. The largest absolute Gasteiger partial charge is 0.390 e. The topological polar surface area (TPSA) is 76.1 Å². The Bertz CT molecular complexity index is 974. The lowest BCUT2D eigenvalue weighted by Gasteiger charge is -2.56.